The van der Waals surface area contributed by atoms with Gasteiger partial charge in [-0.1, -0.05) is 25.5 Å². The number of hydrogen-bond acceptors (Lipinski definition) is 3. The highest BCUT2D eigenvalue weighted by molar-refractivity contribution is 6.02. The highest BCUT2D eigenvalue weighted by Crippen LogP contribution is 2.07. The molecule has 0 radical (unpaired) electrons. The van der Waals surface area contributed by atoms with E-state index < -0.39 is 0 Å². The van der Waals surface area contributed by atoms with E-state index >= 15 is 0 Å². The first kappa shape index (κ1) is 13.2. The smallest absolute Gasteiger partial charge is 0.275 e. The summed E-state index contributed by atoms with van der Waals surface area (Å²) in [5.74, 6) is 0.310. The van der Waals surface area contributed by atoms with E-state index in [1.807, 2.05) is 18.2 Å². The number of aryl methyl sites for hydroxylation is 1. The Balaban J connectivity index is 2.06. The predicted octanol–water partition coefficient (Wildman–Crippen LogP) is 3.07. The second-order valence-electron chi connectivity index (χ2n) is 4.29. The summed E-state index contributed by atoms with van der Waals surface area (Å²) in [6, 6.07) is 10.9. The van der Waals surface area contributed by atoms with E-state index in [0.717, 1.165) is 25.0 Å². The number of hydrogen-bond donors (Lipinski definition) is 1. The van der Waals surface area contributed by atoms with Crippen molar-refractivity contribution < 1.29 is 4.79 Å². The number of aromatic nitrogens is 2. The van der Waals surface area contributed by atoms with Crippen LogP contribution in [0.5, 0.6) is 0 Å². The number of amides is 1. The summed E-state index contributed by atoms with van der Waals surface area (Å²) in [7, 11) is 0. The van der Waals surface area contributed by atoms with Gasteiger partial charge < -0.3 is 5.32 Å². The third kappa shape index (κ3) is 3.88. The molecule has 0 aromatic carbocycles. The highest BCUT2D eigenvalue weighted by Gasteiger charge is 2.08. The molecule has 0 saturated carbocycles. The van der Waals surface area contributed by atoms with Gasteiger partial charge in [0.2, 0.25) is 0 Å². The molecular weight excluding hydrogens is 238 g/mol. The average Bonchev–Trinajstić information content (AvgIpc) is 2.46. The number of rotatable bonds is 5. The summed E-state index contributed by atoms with van der Waals surface area (Å²) in [5, 5.41) is 2.73. The molecule has 2 aromatic heterocycles. The number of carbonyl (C=O) groups excluding carboxylic acids is 1. The Bertz CT molecular complexity index is 540. The number of nitrogens with zero attached hydrogens (tertiary/aromatic N) is 2. The quantitative estimate of drug-likeness (QED) is 0.893. The molecule has 0 saturated heterocycles. The van der Waals surface area contributed by atoms with Crippen molar-refractivity contribution in [3.05, 3.63) is 54.0 Å². The molecule has 4 nitrogen and oxygen atoms in total. The Morgan fingerprint density at radius 3 is 2.84 bits per heavy atom. The van der Waals surface area contributed by atoms with E-state index in [2.05, 4.69) is 22.2 Å². The fourth-order valence-electron chi connectivity index (χ4n) is 1.72. The third-order valence-electron chi connectivity index (χ3n) is 2.73. The van der Waals surface area contributed by atoms with Crippen LogP contribution in [0.3, 0.4) is 0 Å². The van der Waals surface area contributed by atoms with Gasteiger partial charge in [-0.25, -0.2) is 9.97 Å². The molecule has 2 aromatic rings. The van der Waals surface area contributed by atoms with Crippen LogP contribution in [-0.2, 0) is 6.42 Å². The molecule has 4 heteroatoms. The van der Waals surface area contributed by atoms with E-state index in [4.69, 9.17) is 0 Å². The van der Waals surface area contributed by atoms with Crippen molar-refractivity contribution in [1.29, 1.82) is 0 Å². The molecule has 0 aliphatic carbocycles. The van der Waals surface area contributed by atoms with E-state index in [1.54, 1.807) is 24.4 Å². The SMILES string of the molecule is CCCCc1cccc(C(=O)Nc2ccccn2)n1. The minimum atomic E-state index is -0.225. The maximum atomic E-state index is 12.0. The summed E-state index contributed by atoms with van der Waals surface area (Å²) < 4.78 is 0. The van der Waals surface area contributed by atoms with Gasteiger partial charge in [0, 0.05) is 11.9 Å². The van der Waals surface area contributed by atoms with E-state index in [9.17, 15) is 4.79 Å². The third-order valence-corrected chi connectivity index (χ3v) is 2.73. The molecule has 0 aliphatic rings. The van der Waals surface area contributed by atoms with Gasteiger partial charge in [-0.2, -0.15) is 0 Å². The lowest BCUT2D eigenvalue weighted by Gasteiger charge is -2.05. The first-order valence-electron chi connectivity index (χ1n) is 6.48. The summed E-state index contributed by atoms with van der Waals surface area (Å²) in [4.78, 5) is 20.4. The first-order chi connectivity index (χ1) is 9.29. The first-order valence-corrected chi connectivity index (χ1v) is 6.48. The molecule has 0 aliphatic heterocycles. The molecule has 0 unspecified atom stereocenters. The highest BCUT2D eigenvalue weighted by atomic mass is 16.1. The minimum absolute atomic E-state index is 0.225. The van der Waals surface area contributed by atoms with Gasteiger partial charge in [0.05, 0.1) is 0 Å². The van der Waals surface area contributed by atoms with Crippen molar-refractivity contribution in [2.45, 2.75) is 26.2 Å². The van der Waals surface area contributed by atoms with Crippen LogP contribution >= 0.6 is 0 Å². The van der Waals surface area contributed by atoms with Gasteiger partial charge >= 0.3 is 0 Å². The van der Waals surface area contributed by atoms with E-state index in [-0.39, 0.29) is 5.91 Å². The molecule has 0 atom stereocenters. The standard InChI is InChI=1S/C15H17N3O/c1-2-3-7-12-8-6-9-13(17-12)15(19)18-14-10-4-5-11-16-14/h4-6,8-11H,2-3,7H2,1H3,(H,16,18,19). The van der Waals surface area contributed by atoms with Crippen LogP contribution in [-0.4, -0.2) is 15.9 Å². The van der Waals surface area contributed by atoms with E-state index in [1.165, 1.54) is 0 Å². The van der Waals surface area contributed by atoms with Crippen LogP contribution in [0.15, 0.2) is 42.6 Å². The Morgan fingerprint density at radius 2 is 2.11 bits per heavy atom. The monoisotopic (exact) mass is 255 g/mol. The largest absolute Gasteiger partial charge is 0.305 e. The fourth-order valence-corrected chi connectivity index (χ4v) is 1.72. The zero-order valence-electron chi connectivity index (χ0n) is 11.0. The Labute approximate surface area is 112 Å². The molecule has 2 rings (SSSR count). The van der Waals surface area contributed by atoms with Crippen LogP contribution in [0.25, 0.3) is 0 Å². The van der Waals surface area contributed by atoms with Crippen molar-refractivity contribution in [3.8, 4) is 0 Å². The van der Waals surface area contributed by atoms with Crippen LogP contribution < -0.4 is 5.32 Å². The lowest BCUT2D eigenvalue weighted by atomic mass is 10.2. The molecule has 0 spiro atoms. The molecule has 0 fully saturated rings. The van der Waals surface area contributed by atoms with Crippen LogP contribution in [0.2, 0.25) is 0 Å². The molecular formula is C15H17N3O. The molecule has 1 amide bonds. The Kier molecular flexibility index (Phi) is 4.61. The Hall–Kier alpha value is -2.23. The molecule has 19 heavy (non-hydrogen) atoms. The van der Waals surface area contributed by atoms with Crippen LogP contribution in [0, 0.1) is 0 Å². The Morgan fingerprint density at radius 1 is 1.21 bits per heavy atom. The van der Waals surface area contributed by atoms with Crippen molar-refractivity contribution in [1.82, 2.24) is 9.97 Å². The van der Waals surface area contributed by atoms with E-state index in [0.29, 0.717) is 11.5 Å². The van der Waals surface area contributed by atoms with Gasteiger partial charge in [-0.3, -0.25) is 4.79 Å². The summed E-state index contributed by atoms with van der Waals surface area (Å²) in [6.45, 7) is 2.14. The van der Waals surface area contributed by atoms with Gasteiger partial charge in [0.25, 0.3) is 5.91 Å². The zero-order valence-corrected chi connectivity index (χ0v) is 11.0. The maximum absolute atomic E-state index is 12.0. The zero-order chi connectivity index (χ0) is 13.5. The van der Waals surface area contributed by atoms with Gasteiger partial charge in [0.15, 0.2) is 0 Å². The molecule has 98 valence electrons. The van der Waals surface area contributed by atoms with Gasteiger partial charge in [0.1, 0.15) is 11.5 Å². The second kappa shape index (κ2) is 6.64. The van der Waals surface area contributed by atoms with Crippen molar-refractivity contribution in [2.75, 3.05) is 5.32 Å². The summed E-state index contributed by atoms with van der Waals surface area (Å²) >= 11 is 0. The van der Waals surface area contributed by atoms with Crippen molar-refractivity contribution >= 4 is 11.7 Å². The van der Waals surface area contributed by atoms with Crippen molar-refractivity contribution in [3.63, 3.8) is 0 Å². The fraction of sp³-hybridized carbons (Fsp3) is 0.267. The summed E-state index contributed by atoms with van der Waals surface area (Å²) in [6.07, 6.45) is 4.74. The number of pyridine rings is 2. The predicted molar refractivity (Wildman–Crippen MR) is 75.0 cm³/mol. The minimum Gasteiger partial charge on any atom is -0.305 e. The van der Waals surface area contributed by atoms with Gasteiger partial charge in [-0.15, -0.1) is 0 Å². The number of unbranched alkanes of at least 4 members (excludes halogenated alkanes) is 1. The maximum Gasteiger partial charge on any atom is 0.275 e. The number of anilines is 1. The molecule has 1 N–H and O–H groups in total. The second-order valence-corrected chi connectivity index (χ2v) is 4.29. The van der Waals surface area contributed by atoms with Gasteiger partial charge in [-0.05, 0) is 37.1 Å². The summed E-state index contributed by atoms with van der Waals surface area (Å²) in [5.41, 5.74) is 1.38. The molecule has 0 bridgehead atoms. The lowest BCUT2D eigenvalue weighted by Crippen LogP contribution is -2.15. The average molecular weight is 255 g/mol. The topological polar surface area (TPSA) is 54.9 Å². The van der Waals surface area contributed by atoms with Crippen molar-refractivity contribution in [2.24, 2.45) is 0 Å². The number of carbonyl (C=O) groups is 1. The van der Waals surface area contributed by atoms with Crippen LogP contribution in [0.4, 0.5) is 5.82 Å². The normalized spacial score (nSPS) is 10.2. The van der Waals surface area contributed by atoms with Crippen LogP contribution in [0.1, 0.15) is 35.9 Å². The lowest BCUT2D eigenvalue weighted by molar-refractivity contribution is 0.102. The number of nitrogens with one attached hydrogen (secondary N) is 1. The molecule has 2 heterocycles.